The lowest BCUT2D eigenvalue weighted by molar-refractivity contribution is 0.0303. The normalized spacial score (nSPS) is 15.3. The summed E-state index contributed by atoms with van der Waals surface area (Å²) in [6, 6.07) is 8.45. The van der Waals surface area contributed by atoms with Crippen LogP contribution in [0.25, 0.3) is 11.3 Å². The monoisotopic (exact) mass is 273 g/mol. The zero-order valence-corrected chi connectivity index (χ0v) is 10.9. The van der Waals surface area contributed by atoms with Crippen molar-refractivity contribution in [3.8, 4) is 17.1 Å². The Morgan fingerprint density at radius 1 is 1.15 bits per heavy atom. The summed E-state index contributed by atoms with van der Waals surface area (Å²) >= 11 is 0. The van der Waals surface area contributed by atoms with E-state index in [0.717, 1.165) is 0 Å². The zero-order valence-electron chi connectivity index (χ0n) is 10.9. The fraction of sp³-hybridized carbons (Fsp3) is 0.267. The van der Waals surface area contributed by atoms with Crippen molar-refractivity contribution in [2.24, 2.45) is 0 Å². The van der Waals surface area contributed by atoms with E-state index in [9.17, 15) is 9.90 Å². The first-order valence-electron chi connectivity index (χ1n) is 6.50. The maximum atomic E-state index is 12.5. The summed E-state index contributed by atoms with van der Waals surface area (Å²) in [4.78, 5) is 14.2. The number of morpholine rings is 1. The van der Waals surface area contributed by atoms with Gasteiger partial charge in [-0.25, -0.2) is 0 Å². The fourth-order valence-electron chi connectivity index (χ4n) is 2.29. The summed E-state index contributed by atoms with van der Waals surface area (Å²) < 4.78 is 10.6. The first-order chi connectivity index (χ1) is 9.77. The average molecular weight is 273 g/mol. The van der Waals surface area contributed by atoms with Gasteiger partial charge in [0, 0.05) is 13.1 Å². The number of carbonyl (C=O) groups excluding carboxylic acids is 1. The quantitative estimate of drug-likeness (QED) is 0.910. The number of rotatable bonds is 2. The van der Waals surface area contributed by atoms with Crippen molar-refractivity contribution in [2.45, 2.75) is 0 Å². The number of ether oxygens (including phenoxy) is 1. The predicted octanol–water partition coefficient (Wildman–Crippen LogP) is 2.12. The Labute approximate surface area is 116 Å². The topological polar surface area (TPSA) is 62.9 Å². The number of furan rings is 1. The van der Waals surface area contributed by atoms with Crippen molar-refractivity contribution >= 4 is 5.91 Å². The summed E-state index contributed by atoms with van der Waals surface area (Å²) in [6.45, 7) is 2.25. The second-order valence-electron chi connectivity index (χ2n) is 4.59. The first-order valence-corrected chi connectivity index (χ1v) is 6.50. The molecule has 1 saturated heterocycles. The third-order valence-electron chi connectivity index (χ3n) is 3.34. The van der Waals surface area contributed by atoms with Gasteiger partial charge in [0.2, 0.25) is 0 Å². The van der Waals surface area contributed by atoms with E-state index in [0.29, 0.717) is 43.2 Å². The Morgan fingerprint density at radius 3 is 2.65 bits per heavy atom. The van der Waals surface area contributed by atoms with Gasteiger partial charge in [0.1, 0.15) is 11.5 Å². The molecule has 1 aliphatic rings. The van der Waals surface area contributed by atoms with Crippen LogP contribution in [0.1, 0.15) is 10.4 Å². The molecule has 2 heterocycles. The summed E-state index contributed by atoms with van der Waals surface area (Å²) in [6.07, 6.45) is 1.47. The molecule has 0 bridgehead atoms. The second-order valence-corrected chi connectivity index (χ2v) is 4.59. The lowest BCUT2D eigenvalue weighted by Crippen LogP contribution is -2.40. The Morgan fingerprint density at radius 2 is 1.90 bits per heavy atom. The number of hydrogen-bond donors (Lipinski definition) is 1. The number of phenols is 1. The Hall–Kier alpha value is -2.27. The maximum Gasteiger partial charge on any atom is 0.257 e. The van der Waals surface area contributed by atoms with Crippen molar-refractivity contribution < 1.29 is 19.1 Å². The van der Waals surface area contributed by atoms with Gasteiger partial charge < -0.3 is 19.2 Å². The number of para-hydroxylation sites is 1. The van der Waals surface area contributed by atoms with E-state index < -0.39 is 0 Å². The van der Waals surface area contributed by atoms with Crippen molar-refractivity contribution in [1.29, 1.82) is 0 Å². The minimum atomic E-state index is -0.0969. The molecule has 3 rings (SSSR count). The van der Waals surface area contributed by atoms with Crippen LogP contribution in [0.2, 0.25) is 0 Å². The van der Waals surface area contributed by atoms with Gasteiger partial charge >= 0.3 is 0 Å². The van der Waals surface area contributed by atoms with Crippen LogP contribution in [0.15, 0.2) is 41.0 Å². The number of phenolic OH excluding ortho intramolecular Hbond substituents is 1. The Balaban J connectivity index is 1.94. The van der Waals surface area contributed by atoms with Gasteiger partial charge in [-0.15, -0.1) is 0 Å². The molecule has 5 nitrogen and oxygen atoms in total. The minimum absolute atomic E-state index is 0.0958. The molecule has 0 radical (unpaired) electrons. The molecule has 2 aromatic rings. The molecule has 1 N–H and O–H groups in total. The van der Waals surface area contributed by atoms with Crippen molar-refractivity contribution in [2.75, 3.05) is 26.3 Å². The van der Waals surface area contributed by atoms with E-state index in [-0.39, 0.29) is 11.7 Å². The van der Waals surface area contributed by atoms with Gasteiger partial charge in [0.15, 0.2) is 0 Å². The van der Waals surface area contributed by atoms with Crippen LogP contribution >= 0.6 is 0 Å². The van der Waals surface area contributed by atoms with Crippen LogP contribution in [0.3, 0.4) is 0 Å². The zero-order chi connectivity index (χ0) is 13.9. The lowest BCUT2D eigenvalue weighted by Gasteiger charge is -2.26. The highest BCUT2D eigenvalue weighted by atomic mass is 16.5. The molecule has 0 unspecified atom stereocenters. The summed E-state index contributed by atoms with van der Waals surface area (Å²) in [5.74, 6) is 0.401. The lowest BCUT2D eigenvalue weighted by atomic mass is 10.1. The molecular weight excluding hydrogens is 258 g/mol. The van der Waals surface area contributed by atoms with Gasteiger partial charge in [-0.2, -0.15) is 0 Å². The molecule has 0 atom stereocenters. The molecule has 1 aromatic heterocycles. The number of hydrogen-bond acceptors (Lipinski definition) is 4. The molecule has 1 aromatic carbocycles. The van der Waals surface area contributed by atoms with E-state index >= 15 is 0 Å². The molecule has 104 valence electrons. The number of nitrogens with zero attached hydrogens (tertiary/aromatic N) is 1. The van der Waals surface area contributed by atoms with Crippen LogP contribution in [0.4, 0.5) is 0 Å². The average Bonchev–Trinajstić information content (AvgIpc) is 2.97. The van der Waals surface area contributed by atoms with E-state index in [1.807, 2.05) is 0 Å². The standard InChI is InChI=1S/C15H15NO4/c17-13-4-2-1-3-11(13)14-12(5-8-20-14)15(18)16-6-9-19-10-7-16/h1-5,8,17H,6-7,9-10H2. The third kappa shape index (κ3) is 2.28. The first kappa shape index (κ1) is 12.7. The highest BCUT2D eigenvalue weighted by Crippen LogP contribution is 2.32. The van der Waals surface area contributed by atoms with Crippen molar-refractivity contribution in [1.82, 2.24) is 4.90 Å². The molecule has 1 amide bonds. The molecule has 20 heavy (non-hydrogen) atoms. The Bertz CT molecular complexity index is 614. The highest BCUT2D eigenvalue weighted by molar-refractivity contribution is 6.00. The fourth-order valence-corrected chi connectivity index (χ4v) is 2.29. The minimum Gasteiger partial charge on any atom is -0.507 e. The van der Waals surface area contributed by atoms with E-state index in [4.69, 9.17) is 9.15 Å². The summed E-state index contributed by atoms with van der Waals surface area (Å²) in [5, 5.41) is 9.89. The van der Waals surface area contributed by atoms with Crippen molar-refractivity contribution in [3.05, 3.63) is 42.2 Å². The van der Waals surface area contributed by atoms with E-state index in [2.05, 4.69) is 0 Å². The van der Waals surface area contributed by atoms with Gasteiger partial charge in [-0.05, 0) is 18.2 Å². The molecule has 1 fully saturated rings. The van der Waals surface area contributed by atoms with Gasteiger partial charge in [-0.3, -0.25) is 4.79 Å². The van der Waals surface area contributed by atoms with Crippen LogP contribution in [0.5, 0.6) is 5.75 Å². The third-order valence-corrected chi connectivity index (χ3v) is 3.34. The molecule has 0 aliphatic carbocycles. The largest absolute Gasteiger partial charge is 0.507 e. The van der Waals surface area contributed by atoms with Gasteiger partial charge in [0.25, 0.3) is 5.91 Å². The van der Waals surface area contributed by atoms with Crippen LogP contribution in [-0.4, -0.2) is 42.2 Å². The number of aromatic hydroxyl groups is 1. The van der Waals surface area contributed by atoms with E-state index in [1.54, 1.807) is 35.2 Å². The number of amides is 1. The highest BCUT2D eigenvalue weighted by Gasteiger charge is 2.24. The predicted molar refractivity (Wildman–Crippen MR) is 72.5 cm³/mol. The molecule has 1 aliphatic heterocycles. The molecule has 0 spiro atoms. The van der Waals surface area contributed by atoms with Gasteiger partial charge in [-0.1, -0.05) is 12.1 Å². The van der Waals surface area contributed by atoms with Crippen molar-refractivity contribution in [3.63, 3.8) is 0 Å². The second kappa shape index (κ2) is 5.38. The van der Waals surface area contributed by atoms with Crippen LogP contribution < -0.4 is 0 Å². The maximum absolute atomic E-state index is 12.5. The SMILES string of the molecule is O=C(c1ccoc1-c1ccccc1O)N1CCOCC1. The summed E-state index contributed by atoms with van der Waals surface area (Å²) in [5.41, 5.74) is 0.988. The summed E-state index contributed by atoms with van der Waals surface area (Å²) in [7, 11) is 0. The molecule has 0 saturated carbocycles. The number of carbonyl (C=O) groups is 1. The molecule has 5 heteroatoms. The van der Waals surface area contributed by atoms with Crippen LogP contribution in [0, 0.1) is 0 Å². The Kier molecular flexibility index (Phi) is 3.43. The molecular formula is C15H15NO4. The smallest absolute Gasteiger partial charge is 0.257 e. The van der Waals surface area contributed by atoms with E-state index in [1.165, 1.54) is 6.26 Å². The number of benzene rings is 1. The van der Waals surface area contributed by atoms with Crippen LogP contribution in [-0.2, 0) is 4.74 Å². The van der Waals surface area contributed by atoms with Gasteiger partial charge in [0.05, 0.1) is 30.6 Å².